The van der Waals surface area contributed by atoms with E-state index in [0.29, 0.717) is 0 Å². The van der Waals surface area contributed by atoms with Crippen molar-refractivity contribution in [3.05, 3.63) is 23.8 Å². The van der Waals surface area contributed by atoms with Gasteiger partial charge in [0.25, 0.3) is 0 Å². The van der Waals surface area contributed by atoms with Gasteiger partial charge in [0.15, 0.2) is 0 Å². The molecule has 1 aliphatic heterocycles. The van der Waals surface area contributed by atoms with Crippen LogP contribution in [0.4, 0.5) is 5.69 Å². The summed E-state index contributed by atoms with van der Waals surface area (Å²) in [5.41, 5.74) is 2.33. The van der Waals surface area contributed by atoms with E-state index in [1.54, 1.807) is 14.0 Å². The Bertz CT molecular complexity index is 482. The van der Waals surface area contributed by atoms with Gasteiger partial charge in [0.2, 0.25) is 5.91 Å². The van der Waals surface area contributed by atoms with Crippen molar-refractivity contribution in [3.8, 4) is 5.75 Å². The van der Waals surface area contributed by atoms with E-state index >= 15 is 0 Å². The SMILES string of the molecule is CCNCc1ccc(N2CCN(C(C)=O)CC2)c(OC)c1. The van der Waals surface area contributed by atoms with Crippen LogP contribution in [-0.2, 0) is 11.3 Å². The van der Waals surface area contributed by atoms with E-state index in [1.165, 1.54) is 5.56 Å². The Kier molecular flexibility index (Phi) is 5.44. The number of methoxy groups -OCH3 is 1. The highest BCUT2D eigenvalue weighted by atomic mass is 16.5. The lowest BCUT2D eigenvalue weighted by Crippen LogP contribution is -2.48. The fraction of sp³-hybridized carbons (Fsp3) is 0.562. The van der Waals surface area contributed by atoms with E-state index in [1.807, 2.05) is 4.90 Å². The smallest absolute Gasteiger partial charge is 0.219 e. The normalized spacial score (nSPS) is 15.2. The van der Waals surface area contributed by atoms with Crippen LogP contribution >= 0.6 is 0 Å². The third kappa shape index (κ3) is 3.88. The van der Waals surface area contributed by atoms with Crippen molar-refractivity contribution in [1.82, 2.24) is 10.2 Å². The zero-order valence-corrected chi connectivity index (χ0v) is 13.2. The number of hydrogen-bond donors (Lipinski definition) is 1. The number of benzene rings is 1. The molecule has 1 N–H and O–H groups in total. The first-order valence-corrected chi connectivity index (χ1v) is 7.53. The van der Waals surface area contributed by atoms with Crippen LogP contribution < -0.4 is 15.0 Å². The maximum Gasteiger partial charge on any atom is 0.219 e. The molecule has 1 aromatic rings. The molecule has 0 unspecified atom stereocenters. The van der Waals surface area contributed by atoms with Crippen LogP contribution in [0.2, 0.25) is 0 Å². The molecule has 1 heterocycles. The van der Waals surface area contributed by atoms with Gasteiger partial charge in [0.05, 0.1) is 12.8 Å². The van der Waals surface area contributed by atoms with Crippen molar-refractivity contribution in [1.29, 1.82) is 0 Å². The Labute approximate surface area is 126 Å². The summed E-state index contributed by atoms with van der Waals surface area (Å²) in [5, 5.41) is 3.32. The number of amides is 1. The average molecular weight is 291 g/mol. The summed E-state index contributed by atoms with van der Waals surface area (Å²) >= 11 is 0. The van der Waals surface area contributed by atoms with Crippen molar-refractivity contribution in [2.45, 2.75) is 20.4 Å². The number of carbonyl (C=O) groups excluding carboxylic acids is 1. The number of anilines is 1. The number of ether oxygens (including phenoxy) is 1. The fourth-order valence-corrected chi connectivity index (χ4v) is 2.62. The highest BCUT2D eigenvalue weighted by Gasteiger charge is 2.21. The molecular weight excluding hydrogens is 266 g/mol. The first-order chi connectivity index (χ1) is 10.2. The Morgan fingerprint density at radius 1 is 1.29 bits per heavy atom. The second kappa shape index (κ2) is 7.31. The molecule has 0 atom stereocenters. The minimum Gasteiger partial charge on any atom is -0.495 e. The van der Waals surface area contributed by atoms with Gasteiger partial charge >= 0.3 is 0 Å². The number of rotatable bonds is 5. The maximum absolute atomic E-state index is 11.4. The fourth-order valence-electron chi connectivity index (χ4n) is 2.62. The van der Waals surface area contributed by atoms with Crippen LogP contribution in [0.25, 0.3) is 0 Å². The summed E-state index contributed by atoms with van der Waals surface area (Å²) in [5.74, 6) is 1.06. The molecule has 5 nitrogen and oxygen atoms in total. The minimum absolute atomic E-state index is 0.155. The van der Waals surface area contributed by atoms with Gasteiger partial charge in [0, 0.05) is 39.6 Å². The van der Waals surface area contributed by atoms with Crippen LogP contribution in [-0.4, -0.2) is 50.6 Å². The van der Waals surface area contributed by atoms with Crippen molar-refractivity contribution >= 4 is 11.6 Å². The Hall–Kier alpha value is -1.75. The van der Waals surface area contributed by atoms with Crippen molar-refractivity contribution < 1.29 is 9.53 Å². The van der Waals surface area contributed by atoms with E-state index in [9.17, 15) is 4.79 Å². The van der Waals surface area contributed by atoms with Crippen LogP contribution in [0.15, 0.2) is 18.2 Å². The maximum atomic E-state index is 11.4. The first-order valence-electron chi connectivity index (χ1n) is 7.53. The number of hydrogen-bond acceptors (Lipinski definition) is 4. The molecule has 1 saturated heterocycles. The molecule has 1 aromatic carbocycles. The first kappa shape index (κ1) is 15.6. The summed E-state index contributed by atoms with van der Waals surface area (Å²) < 4.78 is 5.54. The van der Waals surface area contributed by atoms with Crippen LogP contribution in [0.3, 0.4) is 0 Å². The van der Waals surface area contributed by atoms with Crippen LogP contribution in [0, 0.1) is 0 Å². The molecule has 116 valence electrons. The van der Waals surface area contributed by atoms with E-state index in [4.69, 9.17) is 4.74 Å². The van der Waals surface area contributed by atoms with Gasteiger partial charge < -0.3 is 19.9 Å². The number of nitrogens with one attached hydrogen (secondary N) is 1. The summed E-state index contributed by atoms with van der Waals surface area (Å²) in [6, 6.07) is 6.35. The zero-order valence-electron chi connectivity index (χ0n) is 13.2. The molecule has 2 rings (SSSR count). The van der Waals surface area contributed by atoms with Gasteiger partial charge in [-0.25, -0.2) is 0 Å². The monoisotopic (exact) mass is 291 g/mol. The molecule has 0 spiro atoms. The standard InChI is InChI=1S/C16H25N3O2/c1-4-17-12-14-5-6-15(16(11-14)21-3)19-9-7-18(8-10-19)13(2)20/h5-6,11,17H,4,7-10,12H2,1-3H3. The second-order valence-electron chi connectivity index (χ2n) is 5.28. The topological polar surface area (TPSA) is 44.8 Å². The van der Waals surface area contributed by atoms with Crippen molar-refractivity contribution in [3.63, 3.8) is 0 Å². The Morgan fingerprint density at radius 3 is 2.57 bits per heavy atom. The molecule has 21 heavy (non-hydrogen) atoms. The third-order valence-electron chi connectivity index (χ3n) is 3.89. The molecule has 0 aliphatic carbocycles. The number of carbonyl (C=O) groups is 1. The van der Waals surface area contributed by atoms with Crippen LogP contribution in [0.1, 0.15) is 19.4 Å². The molecule has 0 radical (unpaired) electrons. The molecule has 0 aromatic heterocycles. The van der Waals surface area contributed by atoms with E-state index in [0.717, 1.165) is 50.7 Å². The largest absolute Gasteiger partial charge is 0.495 e. The predicted molar refractivity (Wildman–Crippen MR) is 84.8 cm³/mol. The third-order valence-corrected chi connectivity index (χ3v) is 3.89. The highest BCUT2D eigenvalue weighted by molar-refractivity contribution is 5.73. The summed E-state index contributed by atoms with van der Waals surface area (Å²) in [7, 11) is 1.71. The van der Waals surface area contributed by atoms with Crippen molar-refractivity contribution in [2.24, 2.45) is 0 Å². The van der Waals surface area contributed by atoms with E-state index in [2.05, 4.69) is 35.3 Å². The summed E-state index contributed by atoms with van der Waals surface area (Å²) in [6.07, 6.45) is 0. The molecule has 1 amide bonds. The van der Waals surface area contributed by atoms with E-state index in [-0.39, 0.29) is 5.91 Å². The van der Waals surface area contributed by atoms with E-state index < -0.39 is 0 Å². The average Bonchev–Trinajstić information content (AvgIpc) is 2.52. The van der Waals surface area contributed by atoms with Gasteiger partial charge in [-0.3, -0.25) is 4.79 Å². The second-order valence-corrected chi connectivity index (χ2v) is 5.28. The van der Waals surface area contributed by atoms with Gasteiger partial charge in [-0.1, -0.05) is 13.0 Å². The lowest BCUT2D eigenvalue weighted by molar-refractivity contribution is -0.129. The van der Waals surface area contributed by atoms with Gasteiger partial charge in [-0.2, -0.15) is 0 Å². The van der Waals surface area contributed by atoms with Crippen LogP contribution in [0.5, 0.6) is 5.75 Å². The number of nitrogens with zero attached hydrogens (tertiary/aromatic N) is 2. The molecule has 5 heteroatoms. The van der Waals surface area contributed by atoms with Gasteiger partial charge in [0.1, 0.15) is 5.75 Å². The van der Waals surface area contributed by atoms with Crippen molar-refractivity contribution in [2.75, 3.05) is 44.7 Å². The Morgan fingerprint density at radius 2 is 2.00 bits per heavy atom. The van der Waals surface area contributed by atoms with Gasteiger partial charge in [-0.15, -0.1) is 0 Å². The molecule has 0 bridgehead atoms. The lowest BCUT2D eigenvalue weighted by Gasteiger charge is -2.36. The molecule has 1 fully saturated rings. The molecule has 0 saturated carbocycles. The molecule has 1 aliphatic rings. The Balaban J connectivity index is 2.07. The highest BCUT2D eigenvalue weighted by Crippen LogP contribution is 2.30. The zero-order chi connectivity index (χ0) is 15.2. The molecular formula is C16H25N3O2. The summed E-state index contributed by atoms with van der Waals surface area (Å²) in [6.45, 7) is 8.79. The lowest BCUT2D eigenvalue weighted by atomic mass is 10.1. The quantitative estimate of drug-likeness (QED) is 0.892. The minimum atomic E-state index is 0.155. The number of piperazine rings is 1. The summed E-state index contributed by atoms with van der Waals surface area (Å²) in [4.78, 5) is 15.6. The van der Waals surface area contributed by atoms with Gasteiger partial charge in [-0.05, 0) is 24.2 Å². The predicted octanol–water partition coefficient (Wildman–Crippen LogP) is 1.47.